The molecule has 5 heteroatoms. The van der Waals surface area contributed by atoms with E-state index in [1.54, 1.807) is 19.1 Å². The molecule has 0 amide bonds. The Morgan fingerprint density at radius 3 is 2.86 bits per heavy atom. The standard InChI is InChI=1S/C9H10N2O3/c1-6-8(9(12)14-2)4-3-7(11-6)5-10-13/h3-5,13H,1-2H3. The lowest BCUT2D eigenvalue weighted by Gasteiger charge is -2.02. The Hall–Kier alpha value is -1.91. The van der Waals surface area contributed by atoms with Crippen molar-refractivity contribution in [2.75, 3.05) is 7.11 Å². The molecule has 0 radical (unpaired) electrons. The zero-order chi connectivity index (χ0) is 10.6. The largest absolute Gasteiger partial charge is 0.465 e. The van der Waals surface area contributed by atoms with Crippen LogP contribution in [0.1, 0.15) is 21.7 Å². The van der Waals surface area contributed by atoms with Gasteiger partial charge in [0.15, 0.2) is 0 Å². The maximum absolute atomic E-state index is 11.2. The van der Waals surface area contributed by atoms with Crippen molar-refractivity contribution in [3.05, 3.63) is 29.1 Å². The van der Waals surface area contributed by atoms with E-state index in [1.165, 1.54) is 13.3 Å². The van der Waals surface area contributed by atoms with Crippen LogP contribution in [-0.4, -0.2) is 29.5 Å². The van der Waals surface area contributed by atoms with Crippen LogP contribution in [0.4, 0.5) is 0 Å². The van der Waals surface area contributed by atoms with E-state index in [0.29, 0.717) is 17.0 Å². The highest BCUT2D eigenvalue weighted by Crippen LogP contribution is 2.07. The minimum atomic E-state index is -0.428. The van der Waals surface area contributed by atoms with Crippen LogP contribution in [0, 0.1) is 6.92 Å². The van der Waals surface area contributed by atoms with Gasteiger partial charge < -0.3 is 9.94 Å². The smallest absolute Gasteiger partial charge is 0.339 e. The summed E-state index contributed by atoms with van der Waals surface area (Å²) in [6.45, 7) is 1.68. The fourth-order valence-corrected chi connectivity index (χ4v) is 1.04. The van der Waals surface area contributed by atoms with E-state index >= 15 is 0 Å². The van der Waals surface area contributed by atoms with Crippen LogP contribution < -0.4 is 0 Å². The molecule has 74 valence electrons. The first kappa shape index (κ1) is 10.2. The van der Waals surface area contributed by atoms with Crippen molar-refractivity contribution in [3.63, 3.8) is 0 Å². The lowest BCUT2D eigenvalue weighted by Crippen LogP contribution is -2.06. The number of carbonyl (C=O) groups is 1. The first-order valence-corrected chi connectivity index (χ1v) is 3.92. The Bertz CT molecular complexity index is 374. The Morgan fingerprint density at radius 1 is 1.64 bits per heavy atom. The summed E-state index contributed by atoms with van der Waals surface area (Å²) in [7, 11) is 1.31. The van der Waals surface area contributed by atoms with E-state index in [1.807, 2.05) is 0 Å². The number of hydrogen-bond donors (Lipinski definition) is 1. The minimum absolute atomic E-state index is 0.405. The van der Waals surface area contributed by atoms with Crippen LogP contribution in [-0.2, 0) is 4.74 Å². The van der Waals surface area contributed by atoms with Crippen molar-refractivity contribution in [1.82, 2.24) is 4.98 Å². The van der Waals surface area contributed by atoms with E-state index < -0.39 is 5.97 Å². The molecule has 0 aliphatic carbocycles. The Labute approximate surface area is 81.0 Å². The second-order valence-corrected chi connectivity index (χ2v) is 2.61. The molecule has 1 aromatic heterocycles. The summed E-state index contributed by atoms with van der Waals surface area (Å²) in [4.78, 5) is 15.2. The maximum atomic E-state index is 11.2. The molecular formula is C9H10N2O3. The average Bonchev–Trinajstić information content (AvgIpc) is 2.17. The topological polar surface area (TPSA) is 71.8 Å². The van der Waals surface area contributed by atoms with Crippen molar-refractivity contribution in [3.8, 4) is 0 Å². The quantitative estimate of drug-likeness (QED) is 0.330. The number of pyridine rings is 1. The van der Waals surface area contributed by atoms with Gasteiger partial charge in [-0.25, -0.2) is 4.79 Å². The summed E-state index contributed by atoms with van der Waals surface area (Å²) in [5.41, 5.74) is 1.43. The average molecular weight is 194 g/mol. The van der Waals surface area contributed by atoms with Crippen LogP contribution >= 0.6 is 0 Å². The lowest BCUT2D eigenvalue weighted by atomic mass is 10.2. The molecule has 5 nitrogen and oxygen atoms in total. The fraction of sp³-hybridized carbons (Fsp3) is 0.222. The number of hydrogen-bond acceptors (Lipinski definition) is 5. The summed E-state index contributed by atoms with van der Waals surface area (Å²) < 4.78 is 4.55. The van der Waals surface area contributed by atoms with E-state index in [9.17, 15) is 4.79 Å². The van der Waals surface area contributed by atoms with Crippen LogP contribution in [0.25, 0.3) is 0 Å². The number of rotatable bonds is 2. The van der Waals surface area contributed by atoms with Crippen LogP contribution in [0.5, 0.6) is 0 Å². The van der Waals surface area contributed by atoms with Crippen molar-refractivity contribution in [1.29, 1.82) is 0 Å². The third-order valence-electron chi connectivity index (χ3n) is 1.70. The normalized spacial score (nSPS) is 10.4. The van der Waals surface area contributed by atoms with Crippen LogP contribution in [0.3, 0.4) is 0 Å². The third-order valence-corrected chi connectivity index (χ3v) is 1.70. The van der Waals surface area contributed by atoms with Gasteiger partial charge in [-0.3, -0.25) is 4.98 Å². The van der Waals surface area contributed by atoms with Gasteiger partial charge in [-0.1, -0.05) is 5.16 Å². The molecule has 0 atom stereocenters. The summed E-state index contributed by atoms with van der Waals surface area (Å²) in [5, 5.41) is 11.1. The van der Waals surface area contributed by atoms with Crippen molar-refractivity contribution in [2.45, 2.75) is 6.92 Å². The highest BCUT2D eigenvalue weighted by molar-refractivity contribution is 5.91. The molecule has 1 aromatic rings. The highest BCUT2D eigenvalue weighted by atomic mass is 16.5. The van der Waals surface area contributed by atoms with Crippen molar-refractivity contribution in [2.24, 2.45) is 5.16 Å². The van der Waals surface area contributed by atoms with E-state index in [4.69, 9.17) is 5.21 Å². The molecule has 0 saturated heterocycles. The summed E-state index contributed by atoms with van der Waals surface area (Å²) in [6.07, 6.45) is 1.19. The van der Waals surface area contributed by atoms with Gasteiger partial charge in [0, 0.05) is 0 Å². The summed E-state index contributed by atoms with van der Waals surface area (Å²) >= 11 is 0. The molecule has 1 N–H and O–H groups in total. The number of oxime groups is 1. The van der Waals surface area contributed by atoms with Crippen LogP contribution in [0.2, 0.25) is 0 Å². The highest BCUT2D eigenvalue weighted by Gasteiger charge is 2.09. The van der Waals surface area contributed by atoms with Gasteiger partial charge in [0.2, 0.25) is 0 Å². The monoisotopic (exact) mass is 194 g/mol. The van der Waals surface area contributed by atoms with Gasteiger partial charge in [0.05, 0.1) is 30.3 Å². The molecule has 0 bridgehead atoms. The third kappa shape index (κ3) is 2.07. The second-order valence-electron chi connectivity index (χ2n) is 2.61. The molecule has 0 unspecified atom stereocenters. The fourth-order valence-electron chi connectivity index (χ4n) is 1.04. The first-order valence-electron chi connectivity index (χ1n) is 3.92. The predicted molar refractivity (Wildman–Crippen MR) is 49.7 cm³/mol. The zero-order valence-corrected chi connectivity index (χ0v) is 7.89. The van der Waals surface area contributed by atoms with Gasteiger partial charge in [-0.15, -0.1) is 0 Å². The van der Waals surface area contributed by atoms with Gasteiger partial charge in [-0.2, -0.15) is 0 Å². The molecule has 0 fully saturated rings. The van der Waals surface area contributed by atoms with E-state index in [0.717, 1.165) is 0 Å². The Kier molecular flexibility index (Phi) is 3.17. The predicted octanol–water partition coefficient (Wildman–Crippen LogP) is 0.985. The molecule has 14 heavy (non-hydrogen) atoms. The minimum Gasteiger partial charge on any atom is -0.465 e. The maximum Gasteiger partial charge on any atom is 0.339 e. The van der Waals surface area contributed by atoms with Gasteiger partial charge in [0.25, 0.3) is 0 Å². The number of nitrogens with zero attached hydrogens (tertiary/aromatic N) is 2. The second kappa shape index (κ2) is 4.36. The number of methoxy groups -OCH3 is 1. The Morgan fingerprint density at radius 2 is 2.36 bits per heavy atom. The van der Waals surface area contributed by atoms with Gasteiger partial charge in [0.1, 0.15) is 0 Å². The van der Waals surface area contributed by atoms with E-state index in [-0.39, 0.29) is 0 Å². The van der Waals surface area contributed by atoms with Crippen LogP contribution in [0.15, 0.2) is 17.3 Å². The summed E-state index contributed by atoms with van der Waals surface area (Å²) in [6, 6.07) is 3.14. The zero-order valence-electron chi connectivity index (χ0n) is 7.89. The SMILES string of the molecule is COC(=O)c1ccc(C=NO)nc1C. The molecule has 0 aliphatic heterocycles. The molecular weight excluding hydrogens is 184 g/mol. The van der Waals surface area contributed by atoms with Crippen molar-refractivity contribution < 1.29 is 14.7 Å². The number of aromatic nitrogens is 1. The van der Waals surface area contributed by atoms with E-state index in [2.05, 4.69) is 14.9 Å². The Balaban J connectivity index is 3.07. The molecule has 0 aliphatic rings. The number of aryl methyl sites for hydroxylation is 1. The van der Waals surface area contributed by atoms with Crippen molar-refractivity contribution >= 4 is 12.2 Å². The molecule has 0 saturated carbocycles. The first-order chi connectivity index (χ1) is 6.69. The molecule has 0 aromatic carbocycles. The summed E-state index contributed by atoms with van der Waals surface area (Å²) in [5.74, 6) is -0.428. The van der Waals surface area contributed by atoms with Gasteiger partial charge in [-0.05, 0) is 19.1 Å². The lowest BCUT2D eigenvalue weighted by molar-refractivity contribution is 0.0599. The number of esters is 1. The number of ether oxygens (including phenoxy) is 1. The molecule has 1 heterocycles. The number of carbonyl (C=O) groups excluding carboxylic acids is 1. The van der Waals surface area contributed by atoms with Gasteiger partial charge >= 0.3 is 5.97 Å². The molecule has 1 rings (SSSR count). The molecule has 0 spiro atoms.